The van der Waals surface area contributed by atoms with Gasteiger partial charge in [0, 0.05) is 24.7 Å². The maximum atomic E-state index is 12.9. The van der Waals surface area contributed by atoms with Crippen LogP contribution in [-0.4, -0.2) is 23.9 Å². The summed E-state index contributed by atoms with van der Waals surface area (Å²) < 4.78 is 44.1. The van der Waals surface area contributed by atoms with Crippen LogP contribution in [0.15, 0.2) is 46.4 Å². The van der Waals surface area contributed by atoms with Crippen LogP contribution in [0.2, 0.25) is 0 Å². The van der Waals surface area contributed by atoms with E-state index in [1.165, 1.54) is 30.3 Å². The van der Waals surface area contributed by atoms with Crippen LogP contribution in [0.5, 0.6) is 0 Å². The van der Waals surface area contributed by atoms with Crippen LogP contribution >= 0.6 is 0 Å². The Bertz CT molecular complexity index is 900. The van der Waals surface area contributed by atoms with E-state index in [1.54, 1.807) is 4.90 Å². The quantitative estimate of drug-likeness (QED) is 0.568. The van der Waals surface area contributed by atoms with Crippen molar-refractivity contribution in [2.45, 2.75) is 25.4 Å². The number of amides is 1. The molecule has 2 heterocycles. The molecule has 0 atom stereocenters. The van der Waals surface area contributed by atoms with Gasteiger partial charge in [0.15, 0.2) is 0 Å². The first-order valence-corrected chi connectivity index (χ1v) is 8.57. The van der Waals surface area contributed by atoms with Crippen molar-refractivity contribution in [2.24, 2.45) is 0 Å². The largest absolute Gasteiger partial charge is 0.457 e. The summed E-state index contributed by atoms with van der Waals surface area (Å²) in [4.78, 5) is 14.1. The SMILES string of the molecule is N#CC(=Cc1ccc(-c2cccc(C(F)(F)F)c2)o1)C(=O)N1CCCCC1. The van der Waals surface area contributed by atoms with Gasteiger partial charge in [-0.15, -0.1) is 0 Å². The molecule has 0 radical (unpaired) electrons. The monoisotopic (exact) mass is 374 g/mol. The van der Waals surface area contributed by atoms with Gasteiger partial charge >= 0.3 is 6.18 Å². The lowest BCUT2D eigenvalue weighted by Gasteiger charge is -2.26. The van der Waals surface area contributed by atoms with Gasteiger partial charge in [0.25, 0.3) is 5.91 Å². The molecule has 1 amide bonds. The number of furan rings is 1. The molecule has 0 saturated carbocycles. The Hall–Kier alpha value is -3.01. The van der Waals surface area contributed by atoms with Gasteiger partial charge in [-0.3, -0.25) is 4.79 Å². The Morgan fingerprint density at radius 2 is 1.89 bits per heavy atom. The summed E-state index contributed by atoms with van der Waals surface area (Å²) >= 11 is 0. The standard InChI is InChI=1S/C20H17F3N2O2/c21-20(22,23)16-6-4-5-14(11-16)18-8-7-17(27-18)12-15(13-24)19(26)25-9-2-1-3-10-25/h4-8,11-12H,1-3,9-10H2. The molecule has 0 unspecified atom stereocenters. The molecule has 1 saturated heterocycles. The maximum Gasteiger partial charge on any atom is 0.416 e. The highest BCUT2D eigenvalue weighted by molar-refractivity contribution is 6.01. The first-order chi connectivity index (χ1) is 12.9. The van der Waals surface area contributed by atoms with Crippen molar-refractivity contribution in [3.8, 4) is 17.4 Å². The minimum atomic E-state index is -4.44. The number of halogens is 3. The zero-order valence-electron chi connectivity index (χ0n) is 14.4. The minimum Gasteiger partial charge on any atom is -0.457 e. The zero-order chi connectivity index (χ0) is 19.4. The lowest BCUT2D eigenvalue weighted by molar-refractivity contribution is -0.137. The van der Waals surface area contributed by atoms with Crippen LogP contribution in [0.4, 0.5) is 13.2 Å². The van der Waals surface area contributed by atoms with Gasteiger partial charge in [-0.2, -0.15) is 18.4 Å². The maximum absolute atomic E-state index is 12.9. The molecule has 7 heteroatoms. The van der Waals surface area contributed by atoms with Crippen LogP contribution in [0, 0.1) is 11.3 Å². The fourth-order valence-electron chi connectivity index (χ4n) is 2.99. The highest BCUT2D eigenvalue weighted by atomic mass is 19.4. The summed E-state index contributed by atoms with van der Waals surface area (Å²) in [5, 5.41) is 9.31. The number of benzene rings is 1. The van der Waals surface area contributed by atoms with E-state index in [9.17, 15) is 23.2 Å². The predicted molar refractivity (Wildman–Crippen MR) is 93.2 cm³/mol. The molecular weight excluding hydrogens is 357 g/mol. The Labute approximate surface area is 154 Å². The second-order valence-electron chi connectivity index (χ2n) is 6.30. The molecule has 1 aliphatic heterocycles. The topological polar surface area (TPSA) is 57.2 Å². The highest BCUT2D eigenvalue weighted by Crippen LogP contribution is 2.33. The smallest absolute Gasteiger partial charge is 0.416 e. The van der Waals surface area contributed by atoms with Crippen molar-refractivity contribution < 1.29 is 22.4 Å². The van der Waals surface area contributed by atoms with Gasteiger partial charge in [0.2, 0.25) is 0 Å². The van der Waals surface area contributed by atoms with Crippen LogP contribution in [0.1, 0.15) is 30.6 Å². The van der Waals surface area contributed by atoms with Gasteiger partial charge in [-0.25, -0.2) is 0 Å². The molecule has 0 N–H and O–H groups in total. The van der Waals surface area contributed by atoms with Gasteiger partial charge in [-0.05, 0) is 43.5 Å². The number of nitrogens with zero attached hydrogens (tertiary/aromatic N) is 2. The van der Waals surface area contributed by atoms with Crippen LogP contribution in [0.3, 0.4) is 0 Å². The normalized spacial score (nSPS) is 15.5. The molecule has 1 aromatic carbocycles. The van der Waals surface area contributed by atoms with Crippen LogP contribution in [0.25, 0.3) is 17.4 Å². The van der Waals surface area contributed by atoms with Gasteiger partial charge in [-0.1, -0.05) is 12.1 Å². The van der Waals surface area contributed by atoms with Gasteiger partial charge in [0.05, 0.1) is 5.56 Å². The van der Waals surface area contributed by atoms with Crippen LogP contribution < -0.4 is 0 Å². The van der Waals surface area contributed by atoms with Gasteiger partial charge in [0.1, 0.15) is 23.2 Å². The zero-order valence-corrected chi connectivity index (χ0v) is 14.4. The second kappa shape index (κ2) is 7.70. The Kier molecular flexibility index (Phi) is 5.36. The molecule has 27 heavy (non-hydrogen) atoms. The molecular formula is C20H17F3N2O2. The fourth-order valence-corrected chi connectivity index (χ4v) is 2.99. The minimum absolute atomic E-state index is 0.0538. The van der Waals surface area contributed by atoms with E-state index in [0.717, 1.165) is 31.4 Å². The Morgan fingerprint density at radius 3 is 2.56 bits per heavy atom. The Morgan fingerprint density at radius 1 is 1.15 bits per heavy atom. The second-order valence-corrected chi connectivity index (χ2v) is 6.30. The molecule has 0 aliphatic carbocycles. The van der Waals surface area contributed by atoms with Crippen molar-refractivity contribution in [1.82, 2.24) is 4.90 Å². The van der Waals surface area contributed by atoms with E-state index >= 15 is 0 Å². The molecule has 2 aromatic rings. The number of likely N-dealkylation sites (tertiary alicyclic amines) is 1. The highest BCUT2D eigenvalue weighted by Gasteiger charge is 2.30. The van der Waals surface area contributed by atoms with Crippen molar-refractivity contribution in [3.63, 3.8) is 0 Å². The fraction of sp³-hybridized carbons (Fsp3) is 0.300. The summed E-state index contributed by atoms with van der Waals surface area (Å²) in [5.41, 5.74) is -0.557. The van der Waals surface area contributed by atoms with Crippen molar-refractivity contribution >= 4 is 12.0 Å². The van der Waals surface area contributed by atoms with Crippen molar-refractivity contribution in [3.05, 3.63) is 53.3 Å². The Balaban J connectivity index is 1.83. The third kappa shape index (κ3) is 4.40. The van der Waals surface area contributed by atoms with E-state index in [-0.39, 0.29) is 28.6 Å². The molecule has 1 aliphatic rings. The van der Waals surface area contributed by atoms with Crippen molar-refractivity contribution in [1.29, 1.82) is 5.26 Å². The summed E-state index contributed by atoms with van der Waals surface area (Å²) in [5.74, 6) is 0.119. The summed E-state index contributed by atoms with van der Waals surface area (Å²) in [6.07, 6.45) is -0.238. The summed E-state index contributed by atoms with van der Waals surface area (Å²) in [7, 11) is 0. The van der Waals surface area contributed by atoms with E-state index in [1.807, 2.05) is 6.07 Å². The molecule has 1 fully saturated rings. The lowest BCUT2D eigenvalue weighted by atomic mass is 10.1. The average Bonchev–Trinajstić information content (AvgIpc) is 3.14. The number of alkyl halides is 3. The molecule has 1 aromatic heterocycles. The van der Waals surface area contributed by atoms with E-state index in [2.05, 4.69) is 0 Å². The molecule has 140 valence electrons. The summed E-state index contributed by atoms with van der Waals surface area (Å²) in [6.45, 7) is 1.23. The number of hydrogen-bond acceptors (Lipinski definition) is 3. The summed E-state index contributed by atoms with van der Waals surface area (Å²) in [6, 6.07) is 9.72. The third-order valence-corrected chi connectivity index (χ3v) is 4.38. The lowest BCUT2D eigenvalue weighted by Crippen LogP contribution is -2.36. The van der Waals surface area contributed by atoms with Crippen LogP contribution in [-0.2, 0) is 11.0 Å². The number of nitriles is 1. The van der Waals surface area contributed by atoms with E-state index in [0.29, 0.717) is 13.1 Å². The van der Waals surface area contributed by atoms with Gasteiger partial charge < -0.3 is 9.32 Å². The molecule has 0 spiro atoms. The number of hydrogen-bond donors (Lipinski definition) is 0. The first-order valence-electron chi connectivity index (χ1n) is 8.57. The molecule has 3 rings (SSSR count). The number of rotatable bonds is 3. The molecule has 0 bridgehead atoms. The third-order valence-electron chi connectivity index (χ3n) is 4.38. The predicted octanol–water partition coefficient (Wildman–Crippen LogP) is 4.88. The molecule has 4 nitrogen and oxygen atoms in total. The number of carbonyl (C=O) groups excluding carboxylic acids is 1. The number of piperidine rings is 1. The van der Waals surface area contributed by atoms with Crippen molar-refractivity contribution in [2.75, 3.05) is 13.1 Å². The average molecular weight is 374 g/mol. The van der Waals surface area contributed by atoms with E-state index < -0.39 is 11.7 Å². The van der Waals surface area contributed by atoms with E-state index in [4.69, 9.17) is 4.42 Å². The first kappa shape index (κ1) is 18.8. The number of carbonyl (C=O) groups is 1.